The number of nitrogens with one attached hydrogen (secondary N) is 1. The van der Waals surface area contributed by atoms with Gasteiger partial charge in [-0.15, -0.1) is 0 Å². The molecule has 0 aliphatic heterocycles. The van der Waals surface area contributed by atoms with Gasteiger partial charge in [-0.25, -0.2) is 19.7 Å². The molecule has 0 heterocycles. The molecule has 1 N–H and O–H groups in total. The Hall–Kier alpha value is -2.10. The maximum absolute atomic E-state index is 11.0. The first-order valence-corrected chi connectivity index (χ1v) is 8.30. The highest BCUT2D eigenvalue weighted by molar-refractivity contribution is 7.88. The lowest BCUT2D eigenvalue weighted by Gasteiger charge is -2.06. The molecule has 0 saturated carbocycles. The summed E-state index contributed by atoms with van der Waals surface area (Å²) in [4.78, 5) is 3.15. The van der Waals surface area contributed by atoms with Crippen molar-refractivity contribution in [3.05, 3.63) is 53.4 Å². The standard InChI is InChI=1S/C15H16N2O3S/c1-16-11-20-15-6-5-13-9-12(3-4-14(13)10-15)7-8-17-21(2,18)19/h3-6,9-10,17H,7-8,11H2,2H3. The molecular weight excluding hydrogens is 288 g/mol. The molecule has 0 atom stereocenters. The van der Waals surface area contributed by atoms with Crippen LogP contribution in [0.1, 0.15) is 5.56 Å². The lowest BCUT2D eigenvalue weighted by molar-refractivity contribution is 0.361. The lowest BCUT2D eigenvalue weighted by atomic mass is 10.0. The molecule has 2 aromatic rings. The molecule has 0 aliphatic carbocycles. The van der Waals surface area contributed by atoms with Gasteiger partial charge in [0.1, 0.15) is 5.75 Å². The molecule has 0 spiro atoms. The molecule has 0 amide bonds. The molecule has 0 fully saturated rings. The van der Waals surface area contributed by atoms with Crippen molar-refractivity contribution in [2.75, 3.05) is 19.5 Å². The maximum Gasteiger partial charge on any atom is 0.357 e. The van der Waals surface area contributed by atoms with Crippen molar-refractivity contribution in [1.82, 2.24) is 4.72 Å². The van der Waals surface area contributed by atoms with Crippen molar-refractivity contribution in [2.45, 2.75) is 6.42 Å². The Morgan fingerprint density at radius 3 is 2.62 bits per heavy atom. The first-order valence-electron chi connectivity index (χ1n) is 6.41. The van der Waals surface area contributed by atoms with Crippen LogP contribution < -0.4 is 9.46 Å². The molecule has 0 radical (unpaired) electrons. The minimum Gasteiger partial charge on any atom is -0.426 e. The van der Waals surface area contributed by atoms with Crippen LogP contribution in [0.2, 0.25) is 0 Å². The highest BCUT2D eigenvalue weighted by Crippen LogP contribution is 2.22. The van der Waals surface area contributed by atoms with Crippen LogP contribution in [-0.2, 0) is 16.4 Å². The summed E-state index contributed by atoms with van der Waals surface area (Å²) in [6.07, 6.45) is 1.79. The average molecular weight is 304 g/mol. The Bertz CT molecular complexity index is 779. The van der Waals surface area contributed by atoms with E-state index in [0.29, 0.717) is 18.7 Å². The minimum atomic E-state index is -3.14. The molecule has 21 heavy (non-hydrogen) atoms. The number of fused-ring (bicyclic) bond motifs is 1. The van der Waals surface area contributed by atoms with Gasteiger partial charge in [0.2, 0.25) is 10.0 Å². The van der Waals surface area contributed by atoms with E-state index in [1.54, 1.807) is 0 Å². The predicted molar refractivity (Wildman–Crippen MR) is 82.6 cm³/mol. The van der Waals surface area contributed by atoms with Gasteiger partial charge in [0.15, 0.2) is 0 Å². The third kappa shape index (κ3) is 4.74. The van der Waals surface area contributed by atoms with Crippen molar-refractivity contribution in [1.29, 1.82) is 0 Å². The van der Waals surface area contributed by atoms with Crippen LogP contribution in [-0.4, -0.2) is 27.9 Å². The molecule has 0 aromatic heterocycles. The Morgan fingerprint density at radius 1 is 1.19 bits per heavy atom. The number of hydrogen-bond donors (Lipinski definition) is 1. The van der Waals surface area contributed by atoms with Crippen molar-refractivity contribution in [3.63, 3.8) is 0 Å². The van der Waals surface area contributed by atoms with Crippen LogP contribution in [0.3, 0.4) is 0 Å². The highest BCUT2D eigenvalue weighted by atomic mass is 32.2. The molecule has 2 aromatic carbocycles. The fraction of sp³-hybridized carbons (Fsp3) is 0.267. The van der Waals surface area contributed by atoms with Gasteiger partial charge in [-0.3, -0.25) is 4.85 Å². The first-order chi connectivity index (χ1) is 9.98. The van der Waals surface area contributed by atoms with Crippen LogP contribution >= 0.6 is 0 Å². The Labute approximate surface area is 124 Å². The third-order valence-corrected chi connectivity index (χ3v) is 3.68. The van der Waals surface area contributed by atoms with Crippen molar-refractivity contribution in [2.24, 2.45) is 0 Å². The SMILES string of the molecule is [C-]#[N+]COc1ccc2cc(CCNS(C)(=O)=O)ccc2c1. The largest absolute Gasteiger partial charge is 0.426 e. The summed E-state index contributed by atoms with van der Waals surface area (Å²) < 4.78 is 29.8. The second kappa shape index (κ2) is 6.57. The summed E-state index contributed by atoms with van der Waals surface area (Å²) in [7, 11) is -3.14. The zero-order chi connectivity index (χ0) is 15.3. The van der Waals surface area contributed by atoms with Crippen molar-refractivity contribution >= 4 is 20.8 Å². The van der Waals surface area contributed by atoms with E-state index in [9.17, 15) is 8.42 Å². The first kappa shape index (κ1) is 15.3. The monoisotopic (exact) mass is 304 g/mol. The minimum absolute atomic E-state index is 0.0146. The second-order valence-electron chi connectivity index (χ2n) is 4.69. The average Bonchev–Trinajstić information content (AvgIpc) is 2.43. The number of benzene rings is 2. The van der Waals surface area contributed by atoms with Crippen LogP contribution in [0, 0.1) is 6.57 Å². The van der Waals surface area contributed by atoms with E-state index in [-0.39, 0.29) is 6.73 Å². The summed E-state index contributed by atoms with van der Waals surface area (Å²) in [5.74, 6) is 0.671. The van der Waals surface area contributed by atoms with Crippen LogP contribution in [0.25, 0.3) is 15.6 Å². The van der Waals surface area contributed by atoms with Crippen LogP contribution in [0.4, 0.5) is 0 Å². The summed E-state index contributed by atoms with van der Waals surface area (Å²) in [5.41, 5.74) is 1.06. The fourth-order valence-corrected chi connectivity index (χ4v) is 2.48. The van der Waals surface area contributed by atoms with Crippen molar-refractivity contribution < 1.29 is 13.2 Å². The molecule has 0 saturated heterocycles. The smallest absolute Gasteiger partial charge is 0.357 e. The van der Waals surface area contributed by atoms with E-state index in [2.05, 4.69) is 9.57 Å². The van der Waals surface area contributed by atoms with E-state index < -0.39 is 10.0 Å². The van der Waals surface area contributed by atoms with E-state index >= 15 is 0 Å². The Morgan fingerprint density at radius 2 is 1.90 bits per heavy atom. The number of rotatable bonds is 6. The lowest BCUT2D eigenvalue weighted by Crippen LogP contribution is -2.24. The number of nitrogens with zero attached hydrogens (tertiary/aromatic N) is 1. The Balaban J connectivity index is 2.10. The molecule has 2 rings (SSSR count). The van der Waals surface area contributed by atoms with E-state index in [1.165, 1.54) is 0 Å². The zero-order valence-corrected chi connectivity index (χ0v) is 12.5. The van der Waals surface area contributed by atoms with Gasteiger partial charge in [-0.1, -0.05) is 24.3 Å². The molecular formula is C15H16N2O3S. The number of ether oxygens (including phenoxy) is 1. The molecule has 110 valence electrons. The van der Waals surface area contributed by atoms with Gasteiger partial charge in [0, 0.05) is 6.54 Å². The van der Waals surface area contributed by atoms with E-state index in [1.807, 2.05) is 36.4 Å². The van der Waals surface area contributed by atoms with Crippen molar-refractivity contribution in [3.8, 4) is 5.75 Å². The summed E-state index contributed by atoms with van der Waals surface area (Å²) >= 11 is 0. The van der Waals surface area contributed by atoms with Gasteiger partial charge in [-0.05, 0) is 34.9 Å². The third-order valence-electron chi connectivity index (χ3n) is 2.95. The summed E-state index contributed by atoms with van der Waals surface area (Å²) in [6.45, 7) is 7.10. The summed E-state index contributed by atoms with van der Waals surface area (Å²) in [5, 5.41) is 2.08. The van der Waals surface area contributed by atoms with Gasteiger partial charge >= 0.3 is 6.73 Å². The zero-order valence-electron chi connectivity index (χ0n) is 11.7. The van der Waals surface area contributed by atoms with Crippen LogP contribution in [0.5, 0.6) is 5.75 Å². The molecule has 5 nitrogen and oxygen atoms in total. The van der Waals surface area contributed by atoms with Crippen LogP contribution in [0.15, 0.2) is 36.4 Å². The Kier molecular flexibility index (Phi) is 4.78. The van der Waals surface area contributed by atoms with E-state index in [4.69, 9.17) is 11.3 Å². The fourth-order valence-electron chi connectivity index (χ4n) is 2.01. The second-order valence-corrected chi connectivity index (χ2v) is 6.52. The number of hydrogen-bond acceptors (Lipinski definition) is 3. The molecule has 0 bridgehead atoms. The maximum atomic E-state index is 11.0. The molecule has 0 unspecified atom stereocenters. The van der Waals surface area contributed by atoms with E-state index in [0.717, 1.165) is 22.6 Å². The molecule has 0 aliphatic rings. The molecule has 6 heteroatoms. The van der Waals surface area contributed by atoms with Gasteiger partial charge in [0.05, 0.1) is 6.26 Å². The van der Waals surface area contributed by atoms with Gasteiger partial charge in [-0.2, -0.15) is 0 Å². The predicted octanol–water partition coefficient (Wildman–Crippen LogP) is 2.19. The highest BCUT2D eigenvalue weighted by Gasteiger charge is 2.02. The summed E-state index contributed by atoms with van der Waals surface area (Å²) in [6, 6.07) is 11.6. The quantitative estimate of drug-likeness (QED) is 0.832. The van der Waals surface area contributed by atoms with Gasteiger partial charge < -0.3 is 4.74 Å². The normalized spacial score (nSPS) is 11.2. The van der Waals surface area contributed by atoms with Gasteiger partial charge in [0.25, 0.3) is 0 Å². The number of sulfonamides is 1. The topological polar surface area (TPSA) is 59.8 Å².